The third-order valence-electron chi connectivity index (χ3n) is 5.66. The van der Waals surface area contributed by atoms with Crippen molar-refractivity contribution in [2.75, 3.05) is 18.2 Å². The maximum absolute atomic E-state index is 12.7. The van der Waals surface area contributed by atoms with Crippen LogP contribution in [0.25, 0.3) is 0 Å². The van der Waals surface area contributed by atoms with Gasteiger partial charge in [-0.05, 0) is 62.4 Å². The second kappa shape index (κ2) is 11.4. The Morgan fingerprint density at radius 3 is 2.77 bits per heavy atom. The highest BCUT2D eigenvalue weighted by Crippen LogP contribution is 2.37. The van der Waals surface area contributed by atoms with Crippen LogP contribution in [0, 0.1) is 11.3 Å². The van der Waals surface area contributed by atoms with Crippen molar-refractivity contribution < 1.29 is 14.3 Å². The van der Waals surface area contributed by atoms with Gasteiger partial charge in [0.05, 0.1) is 18.4 Å². The van der Waals surface area contributed by atoms with Crippen molar-refractivity contribution in [1.29, 1.82) is 5.26 Å². The van der Waals surface area contributed by atoms with E-state index in [0.717, 1.165) is 37.0 Å². The Balaban J connectivity index is 1.42. The summed E-state index contributed by atoms with van der Waals surface area (Å²) in [5.41, 5.74) is 1.72. The highest BCUT2D eigenvalue weighted by Gasteiger charge is 2.23. The van der Waals surface area contributed by atoms with E-state index in [-0.39, 0.29) is 17.8 Å². The molecule has 4 rings (SSSR count). The van der Waals surface area contributed by atoms with Gasteiger partial charge in [-0.25, -0.2) is 0 Å². The van der Waals surface area contributed by atoms with Crippen LogP contribution in [0.2, 0.25) is 0 Å². The first-order valence-electron chi connectivity index (χ1n) is 11.4. The van der Waals surface area contributed by atoms with Crippen molar-refractivity contribution in [2.45, 2.75) is 50.4 Å². The van der Waals surface area contributed by atoms with Crippen LogP contribution in [-0.2, 0) is 24.2 Å². The van der Waals surface area contributed by atoms with Gasteiger partial charge in [0.25, 0.3) is 0 Å². The second-order valence-corrected chi connectivity index (χ2v) is 10.1. The van der Waals surface area contributed by atoms with Crippen LogP contribution in [0.5, 0.6) is 11.5 Å². The lowest BCUT2D eigenvalue weighted by molar-refractivity contribution is -0.113. The van der Waals surface area contributed by atoms with Crippen molar-refractivity contribution in [3.63, 3.8) is 0 Å². The number of thiophene rings is 1. The second-order valence-electron chi connectivity index (χ2n) is 8.04. The Morgan fingerprint density at radius 1 is 1.31 bits per heavy atom. The van der Waals surface area contributed by atoms with E-state index >= 15 is 0 Å². The molecule has 182 valence electrons. The van der Waals surface area contributed by atoms with Gasteiger partial charge in [-0.1, -0.05) is 17.8 Å². The fourth-order valence-corrected chi connectivity index (χ4v) is 6.00. The van der Waals surface area contributed by atoms with E-state index in [0.29, 0.717) is 33.8 Å². The molecule has 0 saturated heterocycles. The zero-order chi connectivity index (χ0) is 24.8. The van der Waals surface area contributed by atoms with Gasteiger partial charge in [0.2, 0.25) is 5.91 Å². The number of anilines is 1. The molecular formula is C25H27N5O3S2. The van der Waals surface area contributed by atoms with Crippen LogP contribution in [0.3, 0.4) is 0 Å². The van der Waals surface area contributed by atoms with Gasteiger partial charge < -0.3 is 14.8 Å². The molecule has 1 amide bonds. The number of nitrogens with zero attached hydrogens (tertiary/aromatic N) is 4. The molecule has 0 saturated carbocycles. The van der Waals surface area contributed by atoms with Crippen LogP contribution in [0.1, 0.15) is 47.7 Å². The van der Waals surface area contributed by atoms with Crippen molar-refractivity contribution in [1.82, 2.24) is 14.8 Å². The predicted molar refractivity (Wildman–Crippen MR) is 137 cm³/mol. The summed E-state index contributed by atoms with van der Waals surface area (Å²) in [5.74, 6) is 2.05. The van der Waals surface area contributed by atoms with E-state index in [1.54, 1.807) is 13.2 Å². The fraction of sp³-hybridized carbons (Fsp3) is 0.360. The number of aryl methyl sites for hydroxylation is 1. The Kier molecular flexibility index (Phi) is 8.10. The van der Waals surface area contributed by atoms with Gasteiger partial charge in [0.15, 0.2) is 17.1 Å². The smallest absolute Gasteiger partial charge is 0.235 e. The van der Waals surface area contributed by atoms with E-state index < -0.39 is 0 Å². The molecule has 1 unspecified atom stereocenters. The monoisotopic (exact) mass is 509 g/mol. The average molecular weight is 510 g/mol. The fourth-order valence-electron chi connectivity index (χ4n) is 3.98. The topological polar surface area (TPSA) is 102 Å². The molecule has 3 aromatic rings. The van der Waals surface area contributed by atoms with Crippen LogP contribution in [0.4, 0.5) is 5.00 Å². The molecule has 0 aliphatic heterocycles. The van der Waals surface area contributed by atoms with Gasteiger partial charge in [-0.2, -0.15) is 5.26 Å². The summed E-state index contributed by atoms with van der Waals surface area (Å²) in [7, 11) is 1.62. The number of nitriles is 1. The summed E-state index contributed by atoms with van der Waals surface area (Å²) < 4.78 is 13.1. The number of methoxy groups -OCH3 is 1. The molecule has 0 fully saturated rings. The number of aromatic nitrogens is 3. The normalized spacial score (nSPS) is 13.4. The number of carbonyl (C=O) groups is 1. The molecule has 2 heterocycles. The van der Waals surface area contributed by atoms with Crippen LogP contribution in [-0.4, -0.2) is 33.5 Å². The Hall–Kier alpha value is -3.29. The molecular weight excluding hydrogens is 482 g/mol. The van der Waals surface area contributed by atoms with Gasteiger partial charge >= 0.3 is 0 Å². The van der Waals surface area contributed by atoms with Gasteiger partial charge in [-0.3, -0.25) is 9.36 Å². The number of rotatable bonds is 10. The minimum atomic E-state index is -0.366. The minimum absolute atomic E-state index is 0.149. The molecule has 35 heavy (non-hydrogen) atoms. The summed E-state index contributed by atoms with van der Waals surface area (Å²) >= 11 is 2.82. The summed E-state index contributed by atoms with van der Waals surface area (Å²) in [4.78, 5) is 13.9. The number of amides is 1. The van der Waals surface area contributed by atoms with E-state index in [9.17, 15) is 10.1 Å². The number of ether oxygens (including phenoxy) is 2. The molecule has 2 aromatic heterocycles. The van der Waals surface area contributed by atoms with Gasteiger partial charge in [0.1, 0.15) is 22.6 Å². The van der Waals surface area contributed by atoms with E-state index in [1.807, 2.05) is 35.8 Å². The van der Waals surface area contributed by atoms with Gasteiger partial charge in [0, 0.05) is 11.4 Å². The Morgan fingerprint density at radius 2 is 2.06 bits per heavy atom. The molecule has 1 aromatic carbocycles. The third-order valence-corrected chi connectivity index (χ3v) is 7.84. The Bertz CT molecular complexity index is 1240. The number of hydrogen-bond donors (Lipinski definition) is 1. The number of benzene rings is 1. The first-order valence-corrected chi connectivity index (χ1v) is 13.2. The number of hydrogen-bond acceptors (Lipinski definition) is 8. The molecule has 0 spiro atoms. The lowest BCUT2D eigenvalue weighted by Crippen LogP contribution is -2.15. The maximum Gasteiger partial charge on any atom is 0.235 e. The highest BCUT2D eigenvalue weighted by atomic mass is 32.2. The van der Waals surface area contributed by atoms with E-state index in [1.165, 1.54) is 28.0 Å². The van der Waals surface area contributed by atoms with Crippen molar-refractivity contribution >= 4 is 34.0 Å². The van der Waals surface area contributed by atoms with Crippen LogP contribution >= 0.6 is 23.1 Å². The first kappa shape index (κ1) is 24.8. The Labute approximate surface area is 213 Å². The summed E-state index contributed by atoms with van der Waals surface area (Å²) in [6.45, 7) is 6.22. The molecule has 10 heteroatoms. The molecule has 1 aliphatic carbocycles. The van der Waals surface area contributed by atoms with Crippen molar-refractivity contribution in [2.24, 2.45) is 0 Å². The number of allylic oxidation sites excluding steroid dienone is 1. The molecule has 0 radical (unpaired) electrons. The number of carbonyl (C=O) groups excluding carboxylic acids is 1. The first-order chi connectivity index (χ1) is 17.0. The van der Waals surface area contributed by atoms with E-state index in [2.05, 4.69) is 28.2 Å². The summed E-state index contributed by atoms with van der Waals surface area (Å²) in [5, 5.41) is 22.4. The van der Waals surface area contributed by atoms with Crippen LogP contribution < -0.4 is 14.8 Å². The lowest BCUT2D eigenvalue weighted by atomic mass is 9.96. The SMILES string of the molecule is C=CCn1c(SCC(=O)Nc2sc3c(c2C#N)CCCC3)nnc1C(C)Oc1ccc(OC)cc1. The average Bonchev–Trinajstić information content (AvgIpc) is 3.43. The number of fused-ring (bicyclic) bond motifs is 1. The standard InChI is InChI=1S/C25H27N5O3S2/c1-4-13-30-23(16(2)33-18-11-9-17(32-3)10-12-18)28-29-25(30)34-15-22(31)27-24-20(14-26)19-7-5-6-8-21(19)35-24/h4,9-12,16H,1,5-8,13,15H2,2-3H3,(H,27,31). The maximum atomic E-state index is 12.7. The zero-order valence-corrected chi connectivity index (χ0v) is 21.4. The van der Waals surface area contributed by atoms with Crippen molar-refractivity contribution in [3.8, 4) is 17.6 Å². The van der Waals surface area contributed by atoms with Gasteiger partial charge in [-0.15, -0.1) is 28.1 Å². The predicted octanol–water partition coefficient (Wildman–Crippen LogP) is 5.16. The molecule has 1 N–H and O–H groups in total. The molecule has 1 atom stereocenters. The summed E-state index contributed by atoms with van der Waals surface area (Å²) in [6, 6.07) is 9.61. The highest BCUT2D eigenvalue weighted by molar-refractivity contribution is 7.99. The number of thioether (sulfide) groups is 1. The molecule has 8 nitrogen and oxygen atoms in total. The molecule has 0 bridgehead atoms. The van der Waals surface area contributed by atoms with E-state index in [4.69, 9.17) is 9.47 Å². The number of nitrogens with one attached hydrogen (secondary N) is 1. The molecule has 1 aliphatic rings. The zero-order valence-electron chi connectivity index (χ0n) is 19.7. The lowest BCUT2D eigenvalue weighted by Gasteiger charge is -2.16. The van der Waals surface area contributed by atoms with Crippen LogP contribution in [0.15, 0.2) is 42.1 Å². The minimum Gasteiger partial charge on any atom is -0.497 e. The third kappa shape index (κ3) is 5.69. The van der Waals surface area contributed by atoms with Crippen molar-refractivity contribution in [3.05, 3.63) is 58.7 Å². The quantitative estimate of drug-likeness (QED) is 0.298. The summed E-state index contributed by atoms with van der Waals surface area (Å²) in [6.07, 6.45) is 5.49. The largest absolute Gasteiger partial charge is 0.497 e.